The fourth-order valence-corrected chi connectivity index (χ4v) is 7.71. The SMILES string of the molecule is CCCCOCCP(CCCP(CCOCCCC)CCOCCCC)CCOCCCC. The van der Waals surface area contributed by atoms with E-state index in [0.717, 1.165) is 52.9 Å². The second-order valence-electron chi connectivity index (χ2n) is 8.90. The third-order valence-corrected chi connectivity index (χ3v) is 10.9. The summed E-state index contributed by atoms with van der Waals surface area (Å²) in [6.07, 6.45) is 18.7. The first kappa shape index (κ1) is 33.7. The summed E-state index contributed by atoms with van der Waals surface area (Å²) < 4.78 is 23.6. The van der Waals surface area contributed by atoms with E-state index < -0.39 is 0 Å². The maximum atomic E-state index is 5.89. The third-order valence-electron chi connectivity index (χ3n) is 5.73. The zero-order chi connectivity index (χ0) is 24.2. The summed E-state index contributed by atoms with van der Waals surface area (Å²) in [4.78, 5) is 0. The lowest BCUT2D eigenvalue weighted by Gasteiger charge is -2.21. The van der Waals surface area contributed by atoms with Crippen molar-refractivity contribution in [3.63, 3.8) is 0 Å². The van der Waals surface area contributed by atoms with Gasteiger partial charge in [-0.3, -0.25) is 0 Å². The molecule has 0 rings (SSSR count). The smallest absolute Gasteiger partial charge is 0.0505 e. The van der Waals surface area contributed by atoms with E-state index >= 15 is 0 Å². The summed E-state index contributed by atoms with van der Waals surface area (Å²) in [5.41, 5.74) is 0. The minimum absolute atomic E-state index is 0.0229. The van der Waals surface area contributed by atoms with Crippen molar-refractivity contribution in [1.82, 2.24) is 0 Å². The minimum Gasteiger partial charge on any atom is -0.381 e. The molecule has 0 heterocycles. The highest BCUT2D eigenvalue weighted by molar-refractivity contribution is 7.58. The van der Waals surface area contributed by atoms with E-state index in [1.54, 1.807) is 0 Å². The van der Waals surface area contributed by atoms with Crippen molar-refractivity contribution in [2.24, 2.45) is 0 Å². The molecule has 0 aromatic carbocycles. The van der Waals surface area contributed by atoms with Crippen LogP contribution in [0, 0.1) is 0 Å². The Kier molecular flexibility index (Phi) is 29.5. The van der Waals surface area contributed by atoms with Gasteiger partial charge in [0.25, 0.3) is 0 Å². The van der Waals surface area contributed by atoms with Gasteiger partial charge >= 0.3 is 0 Å². The van der Waals surface area contributed by atoms with Gasteiger partial charge in [-0.25, -0.2) is 0 Å². The van der Waals surface area contributed by atoms with Crippen molar-refractivity contribution in [2.45, 2.75) is 85.5 Å². The molecule has 0 aliphatic heterocycles. The maximum absolute atomic E-state index is 5.89. The van der Waals surface area contributed by atoms with Crippen LogP contribution in [-0.2, 0) is 18.9 Å². The Morgan fingerprint density at radius 1 is 0.333 bits per heavy atom. The molecular formula is C27H58O4P2. The van der Waals surface area contributed by atoms with Crippen LogP contribution in [-0.4, -0.2) is 89.8 Å². The number of unbranched alkanes of at least 4 members (excludes halogenated alkanes) is 4. The Hall–Kier alpha value is 0.700. The molecule has 0 saturated heterocycles. The lowest BCUT2D eigenvalue weighted by atomic mass is 10.4. The number of hydrogen-bond donors (Lipinski definition) is 0. The van der Waals surface area contributed by atoms with E-state index in [2.05, 4.69) is 27.7 Å². The second kappa shape index (κ2) is 28.9. The Morgan fingerprint density at radius 3 is 0.848 bits per heavy atom. The van der Waals surface area contributed by atoms with E-state index in [1.165, 1.54) is 94.8 Å². The van der Waals surface area contributed by atoms with Crippen LogP contribution < -0.4 is 0 Å². The predicted octanol–water partition coefficient (Wildman–Crippen LogP) is 7.61. The third kappa shape index (κ3) is 25.6. The van der Waals surface area contributed by atoms with Crippen LogP contribution in [0.2, 0.25) is 0 Å². The molecule has 0 unspecified atom stereocenters. The molecular weight excluding hydrogens is 450 g/mol. The molecule has 0 aromatic heterocycles. The predicted molar refractivity (Wildman–Crippen MR) is 151 cm³/mol. The van der Waals surface area contributed by atoms with Crippen LogP contribution in [0.5, 0.6) is 0 Å². The van der Waals surface area contributed by atoms with Crippen LogP contribution in [0.4, 0.5) is 0 Å². The Morgan fingerprint density at radius 2 is 0.606 bits per heavy atom. The largest absolute Gasteiger partial charge is 0.381 e. The second-order valence-corrected chi connectivity index (χ2v) is 14.3. The number of rotatable bonds is 28. The molecule has 0 aliphatic rings. The molecule has 0 radical (unpaired) electrons. The van der Waals surface area contributed by atoms with Gasteiger partial charge in [0.05, 0.1) is 26.4 Å². The standard InChI is InChI=1S/C27H58O4P2/c1-5-9-14-28-18-24-32(25-19-29-15-10-6-2)22-13-23-33(26-20-30-16-11-7-3)27-21-31-17-12-8-4/h5-27H2,1-4H3. The van der Waals surface area contributed by atoms with Crippen molar-refractivity contribution >= 4 is 15.8 Å². The van der Waals surface area contributed by atoms with Gasteiger partial charge in [-0.2, -0.15) is 0 Å². The minimum atomic E-state index is 0.0229. The van der Waals surface area contributed by atoms with Gasteiger partial charge in [0.1, 0.15) is 0 Å². The molecule has 200 valence electrons. The zero-order valence-corrected chi connectivity index (χ0v) is 24.6. The molecule has 33 heavy (non-hydrogen) atoms. The Labute approximate surface area is 210 Å². The first-order chi connectivity index (χ1) is 16.3. The van der Waals surface area contributed by atoms with Gasteiger partial charge in [-0.05, 0) is 69.1 Å². The average molecular weight is 509 g/mol. The van der Waals surface area contributed by atoms with Crippen molar-refractivity contribution < 1.29 is 18.9 Å². The molecule has 0 atom stereocenters. The maximum Gasteiger partial charge on any atom is 0.0505 e. The summed E-state index contributed by atoms with van der Waals surface area (Å²) in [5.74, 6) is 0. The summed E-state index contributed by atoms with van der Waals surface area (Å²) in [6.45, 7) is 16.4. The first-order valence-corrected chi connectivity index (χ1v) is 17.8. The van der Waals surface area contributed by atoms with Gasteiger partial charge < -0.3 is 18.9 Å². The van der Waals surface area contributed by atoms with E-state index in [9.17, 15) is 0 Å². The first-order valence-electron chi connectivity index (χ1n) is 14.0. The topological polar surface area (TPSA) is 36.9 Å². The highest BCUT2D eigenvalue weighted by Gasteiger charge is 2.12. The molecule has 0 spiro atoms. The molecule has 0 bridgehead atoms. The summed E-state index contributed by atoms with van der Waals surface area (Å²) in [7, 11) is 0.0459. The molecule has 0 aliphatic carbocycles. The highest BCUT2D eigenvalue weighted by atomic mass is 31.1. The Bertz CT molecular complexity index is 301. The van der Waals surface area contributed by atoms with Gasteiger partial charge in [0, 0.05) is 26.4 Å². The molecule has 4 nitrogen and oxygen atoms in total. The number of hydrogen-bond acceptors (Lipinski definition) is 4. The fourth-order valence-electron chi connectivity index (χ4n) is 3.36. The summed E-state index contributed by atoms with van der Waals surface area (Å²) in [5, 5.41) is 0. The van der Waals surface area contributed by atoms with E-state index in [1.807, 2.05) is 0 Å². The van der Waals surface area contributed by atoms with E-state index in [-0.39, 0.29) is 15.8 Å². The normalized spacial score (nSPS) is 11.8. The fraction of sp³-hybridized carbons (Fsp3) is 1.00. The van der Waals surface area contributed by atoms with Crippen molar-refractivity contribution in [1.29, 1.82) is 0 Å². The van der Waals surface area contributed by atoms with Crippen LogP contribution in [0.1, 0.15) is 85.5 Å². The van der Waals surface area contributed by atoms with Crippen LogP contribution in [0.15, 0.2) is 0 Å². The van der Waals surface area contributed by atoms with Crippen molar-refractivity contribution in [2.75, 3.05) is 89.8 Å². The molecule has 6 heteroatoms. The molecule has 0 aromatic rings. The molecule has 0 saturated carbocycles. The number of ether oxygens (including phenoxy) is 4. The quantitative estimate of drug-likeness (QED) is 0.0805. The van der Waals surface area contributed by atoms with E-state index in [0.29, 0.717) is 0 Å². The summed E-state index contributed by atoms with van der Waals surface area (Å²) in [6, 6.07) is 0. The highest BCUT2D eigenvalue weighted by Crippen LogP contribution is 2.40. The van der Waals surface area contributed by atoms with Gasteiger partial charge in [-0.1, -0.05) is 53.4 Å². The van der Waals surface area contributed by atoms with Crippen LogP contribution in [0.25, 0.3) is 0 Å². The average Bonchev–Trinajstić information content (AvgIpc) is 2.82. The Balaban J connectivity index is 4.35. The van der Waals surface area contributed by atoms with E-state index in [4.69, 9.17) is 18.9 Å². The van der Waals surface area contributed by atoms with Gasteiger partial charge in [0.2, 0.25) is 0 Å². The van der Waals surface area contributed by atoms with Crippen molar-refractivity contribution in [3.8, 4) is 0 Å². The van der Waals surface area contributed by atoms with Gasteiger partial charge in [0.15, 0.2) is 0 Å². The lowest BCUT2D eigenvalue weighted by molar-refractivity contribution is 0.143. The monoisotopic (exact) mass is 508 g/mol. The van der Waals surface area contributed by atoms with Gasteiger partial charge in [-0.15, -0.1) is 15.8 Å². The summed E-state index contributed by atoms with van der Waals surface area (Å²) >= 11 is 0. The molecule has 0 amide bonds. The lowest BCUT2D eigenvalue weighted by Crippen LogP contribution is -2.11. The van der Waals surface area contributed by atoms with Crippen LogP contribution >= 0.6 is 15.8 Å². The molecule has 0 N–H and O–H groups in total. The molecule has 0 fully saturated rings. The van der Waals surface area contributed by atoms with Crippen LogP contribution in [0.3, 0.4) is 0 Å². The zero-order valence-electron chi connectivity index (χ0n) is 22.8. The van der Waals surface area contributed by atoms with Crippen molar-refractivity contribution in [3.05, 3.63) is 0 Å².